The maximum absolute atomic E-state index is 9.17. The molecule has 1 aromatic heterocycles. The fourth-order valence-electron chi connectivity index (χ4n) is 5.34. The van der Waals surface area contributed by atoms with Gasteiger partial charge in [-0.25, -0.2) is 0 Å². The minimum absolute atomic E-state index is 0.0470. The summed E-state index contributed by atoms with van der Waals surface area (Å²) in [6.45, 7) is 0. The lowest BCUT2D eigenvalue weighted by Crippen LogP contribution is -1.90. The number of furan rings is 1. The lowest BCUT2D eigenvalue weighted by molar-refractivity contribution is 0.670. The predicted molar refractivity (Wildman–Crippen MR) is 165 cm³/mol. The summed E-state index contributed by atoms with van der Waals surface area (Å²) in [5, 5.41) is 0.750. The van der Waals surface area contributed by atoms with Gasteiger partial charge >= 0.3 is 0 Å². The molecule has 0 radical (unpaired) electrons. The molecule has 0 spiro atoms. The molecule has 0 N–H and O–H groups in total. The molecule has 0 atom stereocenters. The third-order valence-electron chi connectivity index (χ3n) is 7.00. The van der Waals surface area contributed by atoms with Crippen LogP contribution in [0.5, 0.6) is 0 Å². The molecule has 8 rings (SSSR count). The van der Waals surface area contributed by atoms with E-state index in [1.807, 2.05) is 48.5 Å². The molecule has 0 aliphatic heterocycles. The van der Waals surface area contributed by atoms with Crippen molar-refractivity contribution in [3.63, 3.8) is 0 Å². The van der Waals surface area contributed by atoms with E-state index in [-0.39, 0.29) is 32.7 Å². The Hall–Kier alpha value is -5.14. The van der Waals surface area contributed by atoms with Crippen molar-refractivity contribution in [2.75, 3.05) is 0 Å². The fraction of sp³-hybridized carbons (Fsp3) is 0. The van der Waals surface area contributed by atoms with Crippen molar-refractivity contribution in [3.05, 3.63) is 145 Å². The molecule has 182 valence electrons. The van der Waals surface area contributed by atoms with Gasteiger partial charge in [0.25, 0.3) is 0 Å². The molecule has 0 saturated heterocycles. The van der Waals surface area contributed by atoms with Gasteiger partial charge in [0.15, 0.2) is 0 Å². The number of fused-ring (bicyclic) bond motifs is 5. The summed E-state index contributed by atoms with van der Waals surface area (Å²) in [4.78, 5) is 0. The van der Waals surface area contributed by atoms with E-state index in [0.717, 1.165) is 21.9 Å². The Labute approximate surface area is 244 Å². The summed E-state index contributed by atoms with van der Waals surface area (Å²) in [5.41, 5.74) is 2.38. The van der Waals surface area contributed by atoms with Crippen LogP contribution < -0.4 is 0 Å². The highest BCUT2D eigenvalue weighted by atomic mass is 16.3. The Kier molecular flexibility index (Phi) is 2.82. The Morgan fingerprint density at radius 3 is 1.72 bits per heavy atom. The zero-order valence-corrected chi connectivity index (χ0v) is 20.3. The molecule has 0 fully saturated rings. The minimum Gasteiger partial charge on any atom is -0.455 e. The monoisotopic (exact) mass is 509 g/mol. The number of para-hydroxylation sites is 1. The molecule has 7 aromatic carbocycles. The Morgan fingerprint density at radius 2 is 1.05 bits per heavy atom. The van der Waals surface area contributed by atoms with Crippen LogP contribution in [-0.2, 0) is 0 Å². The van der Waals surface area contributed by atoms with Gasteiger partial charge in [-0.15, -0.1) is 0 Å². The second-order valence-corrected chi connectivity index (χ2v) is 9.11. The van der Waals surface area contributed by atoms with Crippen LogP contribution in [0.25, 0.3) is 76.9 Å². The highest BCUT2D eigenvalue weighted by Gasteiger charge is 2.18. The third-order valence-corrected chi connectivity index (χ3v) is 7.00. The van der Waals surface area contributed by atoms with Crippen LogP contribution in [0.2, 0.25) is 0 Å². The lowest BCUT2D eigenvalue weighted by Gasteiger charge is -2.17. The zero-order valence-electron chi connectivity index (χ0n) is 33.3. The van der Waals surface area contributed by atoms with E-state index >= 15 is 0 Å². The summed E-state index contributed by atoms with van der Waals surface area (Å²) >= 11 is 0. The Bertz CT molecular complexity index is 2770. The maximum Gasteiger partial charge on any atom is 0.143 e. The van der Waals surface area contributed by atoms with Gasteiger partial charge in [-0.2, -0.15) is 0 Å². The van der Waals surface area contributed by atoms with Crippen LogP contribution in [0.1, 0.15) is 17.8 Å². The highest BCUT2D eigenvalue weighted by molar-refractivity contribution is 6.22. The quantitative estimate of drug-likeness (QED) is 0.216. The van der Waals surface area contributed by atoms with Crippen LogP contribution >= 0.6 is 0 Å². The van der Waals surface area contributed by atoms with Gasteiger partial charge in [0.05, 0.1) is 17.8 Å². The van der Waals surface area contributed by atoms with Gasteiger partial charge < -0.3 is 4.42 Å². The van der Waals surface area contributed by atoms with E-state index in [2.05, 4.69) is 0 Å². The Balaban J connectivity index is 1.61. The van der Waals surface area contributed by atoms with Crippen LogP contribution in [0.4, 0.5) is 0 Å². The van der Waals surface area contributed by atoms with Crippen molar-refractivity contribution in [3.8, 4) is 33.4 Å². The van der Waals surface area contributed by atoms with Crippen LogP contribution in [0, 0.1) is 0 Å². The van der Waals surface area contributed by atoms with E-state index in [9.17, 15) is 0 Å². The van der Waals surface area contributed by atoms with Gasteiger partial charge in [0.1, 0.15) is 11.2 Å². The Morgan fingerprint density at radius 1 is 0.436 bits per heavy atom. The molecule has 1 heteroatoms. The van der Waals surface area contributed by atoms with Crippen LogP contribution in [-0.4, -0.2) is 0 Å². The van der Waals surface area contributed by atoms with E-state index in [1.54, 1.807) is 18.2 Å². The highest BCUT2D eigenvalue weighted by Crippen LogP contribution is 2.45. The molecule has 0 bridgehead atoms. The van der Waals surface area contributed by atoms with Gasteiger partial charge in [-0.3, -0.25) is 0 Å². The van der Waals surface area contributed by atoms with Crippen molar-refractivity contribution >= 4 is 43.5 Å². The second kappa shape index (κ2) is 8.72. The van der Waals surface area contributed by atoms with Crippen molar-refractivity contribution in [1.29, 1.82) is 0 Å². The van der Waals surface area contributed by atoms with Gasteiger partial charge in [-0.05, 0) is 61.5 Å². The van der Waals surface area contributed by atoms with Gasteiger partial charge in [0.2, 0.25) is 0 Å². The average molecular weight is 510 g/mol. The summed E-state index contributed by atoms with van der Waals surface area (Å²) in [7, 11) is 0. The summed E-state index contributed by atoms with van der Waals surface area (Å²) in [5.74, 6) is 0. The number of hydrogen-bond acceptors (Lipinski definition) is 1. The topological polar surface area (TPSA) is 13.1 Å². The first-order chi connectivity index (χ1) is 24.8. The first kappa shape index (κ1) is 12.6. The van der Waals surface area contributed by atoms with Crippen molar-refractivity contribution in [2.24, 2.45) is 0 Å². The maximum atomic E-state index is 9.17. The second-order valence-electron chi connectivity index (χ2n) is 9.11. The van der Waals surface area contributed by atoms with Crippen LogP contribution in [0.3, 0.4) is 0 Å². The molecule has 1 nitrogen and oxygen atoms in total. The molecule has 39 heavy (non-hydrogen) atoms. The molecule has 1 heterocycles. The summed E-state index contributed by atoms with van der Waals surface area (Å²) in [6.07, 6.45) is 0. The van der Waals surface area contributed by atoms with Crippen LogP contribution in [0.15, 0.2) is 150 Å². The SMILES string of the molecule is [2H]c1c([2H])c([2H])c(-c2c3c([2H])c([2H])c([2H])c([2H])c3c(-c3ccc4c(c3)oc3c(-c5ccccc5)cccc34)c3c([2H])c([2H])c([2H])c([2H])c23)c([2H])c1[2H]. The van der Waals surface area contributed by atoms with E-state index < -0.39 is 84.1 Å². The largest absolute Gasteiger partial charge is 0.455 e. The van der Waals surface area contributed by atoms with Gasteiger partial charge in [-0.1, -0.05) is 133 Å². The summed E-state index contributed by atoms with van der Waals surface area (Å²) in [6, 6.07) is 12.2. The van der Waals surface area contributed by atoms with E-state index in [0.29, 0.717) is 16.7 Å². The predicted octanol–water partition coefficient (Wildman–Crippen LogP) is 10.9. The van der Waals surface area contributed by atoms with E-state index in [4.69, 9.17) is 22.2 Å². The minimum atomic E-state index is -0.715. The first-order valence-electron chi connectivity index (χ1n) is 18.8. The molecular formula is C38H24O. The molecular weight excluding hydrogens is 472 g/mol. The molecule has 0 aliphatic carbocycles. The average Bonchev–Trinajstić information content (AvgIpc) is 3.53. The normalized spacial score (nSPS) is 16.3. The molecule has 0 aliphatic rings. The number of benzene rings is 7. The summed E-state index contributed by atoms with van der Waals surface area (Å²) < 4.78 is 120. The third kappa shape index (κ3) is 3.41. The smallest absolute Gasteiger partial charge is 0.143 e. The molecule has 0 saturated carbocycles. The van der Waals surface area contributed by atoms with E-state index in [1.165, 1.54) is 0 Å². The zero-order chi connectivity index (χ0) is 37.1. The first-order valence-corrected chi connectivity index (χ1v) is 12.3. The lowest BCUT2D eigenvalue weighted by atomic mass is 9.86. The fourth-order valence-corrected chi connectivity index (χ4v) is 5.34. The van der Waals surface area contributed by atoms with Crippen molar-refractivity contribution in [2.45, 2.75) is 0 Å². The molecule has 0 amide bonds. The number of hydrogen-bond donors (Lipinski definition) is 0. The molecule has 8 aromatic rings. The number of rotatable bonds is 3. The van der Waals surface area contributed by atoms with Gasteiger partial charge in [0, 0.05) is 16.3 Å². The molecule has 0 unspecified atom stereocenters. The van der Waals surface area contributed by atoms with Crippen molar-refractivity contribution in [1.82, 2.24) is 0 Å². The van der Waals surface area contributed by atoms with Crippen molar-refractivity contribution < 1.29 is 22.2 Å². The standard InChI is InChI=1S/C38H24O/c1-3-12-25(13-4-1)28-20-11-21-34-29-23-22-27(24-35(29)39-38(28)34)37-32-18-9-7-16-30(32)36(26-14-5-2-6-15-26)31-17-8-10-19-33(31)37/h1-24H/i2D,5D,6D,7D,8D,9D,10D,14D,15D,16D,17D,18D,19D.